The van der Waals surface area contributed by atoms with Crippen molar-refractivity contribution in [2.75, 3.05) is 13.1 Å². The van der Waals surface area contributed by atoms with Gasteiger partial charge >= 0.3 is 0 Å². The van der Waals surface area contributed by atoms with E-state index in [-0.39, 0.29) is 18.2 Å². The van der Waals surface area contributed by atoms with E-state index in [1.807, 2.05) is 38.1 Å². The standard InChI is InChI=1S/C25H38ClN3O2/c1-7-10-21(11-8-2)29-16-25(17-29,28-23(31)18(3)4)15-22(30)27-24(5,6)19-12-9-13-20(26)14-19/h9,12-14,21H,3,7-8,10-11,15-17H2,1-2,4-6H3,(H,27,30)(H,28,31). The summed E-state index contributed by atoms with van der Waals surface area (Å²) in [4.78, 5) is 27.9. The van der Waals surface area contributed by atoms with Crippen LogP contribution in [0.15, 0.2) is 36.4 Å². The van der Waals surface area contributed by atoms with Gasteiger partial charge in [-0.2, -0.15) is 0 Å². The number of nitrogens with one attached hydrogen (secondary N) is 2. The second kappa shape index (κ2) is 10.6. The predicted octanol–water partition coefficient (Wildman–Crippen LogP) is 4.80. The minimum absolute atomic E-state index is 0.0887. The molecular weight excluding hydrogens is 410 g/mol. The second-order valence-electron chi connectivity index (χ2n) is 9.51. The molecule has 0 bridgehead atoms. The normalized spacial score (nSPS) is 16.0. The van der Waals surface area contributed by atoms with Crippen LogP contribution in [-0.4, -0.2) is 41.4 Å². The van der Waals surface area contributed by atoms with Crippen LogP contribution in [0.3, 0.4) is 0 Å². The van der Waals surface area contributed by atoms with Crippen LogP contribution in [0, 0.1) is 0 Å². The molecule has 31 heavy (non-hydrogen) atoms. The minimum atomic E-state index is -0.572. The largest absolute Gasteiger partial charge is 0.347 e. The first-order valence-electron chi connectivity index (χ1n) is 11.3. The molecule has 0 unspecified atom stereocenters. The number of hydrogen-bond acceptors (Lipinski definition) is 3. The quantitative estimate of drug-likeness (QED) is 0.479. The average Bonchev–Trinajstić information content (AvgIpc) is 2.64. The molecule has 1 aliphatic rings. The van der Waals surface area contributed by atoms with Crippen molar-refractivity contribution in [3.05, 3.63) is 47.0 Å². The topological polar surface area (TPSA) is 61.4 Å². The molecule has 1 aromatic carbocycles. The van der Waals surface area contributed by atoms with Gasteiger partial charge in [-0.1, -0.05) is 57.0 Å². The molecule has 2 amide bonds. The minimum Gasteiger partial charge on any atom is -0.347 e. The van der Waals surface area contributed by atoms with E-state index < -0.39 is 11.1 Å². The molecular formula is C25H38ClN3O2. The van der Waals surface area contributed by atoms with Crippen molar-refractivity contribution in [3.63, 3.8) is 0 Å². The monoisotopic (exact) mass is 447 g/mol. The summed E-state index contributed by atoms with van der Waals surface area (Å²) < 4.78 is 0. The van der Waals surface area contributed by atoms with E-state index in [0.29, 0.717) is 29.7 Å². The van der Waals surface area contributed by atoms with Crippen molar-refractivity contribution in [2.24, 2.45) is 0 Å². The third-order valence-electron chi connectivity index (χ3n) is 6.04. The number of hydrogen-bond donors (Lipinski definition) is 2. The Morgan fingerprint density at radius 2 is 1.84 bits per heavy atom. The summed E-state index contributed by atoms with van der Waals surface area (Å²) in [5.74, 6) is -0.279. The van der Waals surface area contributed by atoms with Crippen LogP contribution in [0.1, 0.15) is 72.3 Å². The maximum absolute atomic E-state index is 13.1. The van der Waals surface area contributed by atoms with Crippen molar-refractivity contribution in [2.45, 2.75) is 83.8 Å². The highest BCUT2D eigenvalue weighted by Gasteiger charge is 2.48. The van der Waals surface area contributed by atoms with Crippen LogP contribution in [0.25, 0.3) is 0 Å². The van der Waals surface area contributed by atoms with Gasteiger partial charge < -0.3 is 10.6 Å². The van der Waals surface area contributed by atoms with Crippen LogP contribution in [0.5, 0.6) is 0 Å². The Bertz CT molecular complexity index is 794. The molecule has 2 N–H and O–H groups in total. The summed E-state index contributed by atoms with van der Waals surface area (Å²) in [7, 11) is 0. The first-order chi connectivity index (χ1) is 14.5. The highest BCUT2D eigenvalue weighted by atomic mass is 35.5. The number of amides is 2. The first kappa shape index (κ1) is 25.4. The molecule has 1 aliphatic heterocycles. The highest BCUT2D eigenvalue weighted by molar-refractivity contribution is 6.30. The summed E-state index contributed by atoms with van der Waals surface area (Å²) in [6, 6.07) is 8.01. The van der Waals surface area contributed by atoms with Crippen LogP contribution < -0.4 is 10.6 Å². The second-order valence-corrected chi connectivity index (χ2v) is 9.95. The summed E-state index contributed by atoms with van der Waals surface area (Å²) in [6.07, 6.45) is 4.75. The fourth-order valence-corrected chi connectivity index (χ4v) is 4.59. The molecule has 0 spiro atoms. The predicted molar refractivity (Wildman–Crippen MR) is 128 cm³/mol. The molecule has 0 aromatic heterocycles. The molecule has 0 aliphatic carbocycles. The lowest BCUT2D eigenvalue weighted by molar-refractivity contribution is -0.130. The van der Waals surface area contributed by atoms with E-state index in [1.165, 1.54) is 0 Å². The third kappa shape index (κ3) is 6.81. The molecule has 1 aromatic rings. The van der Waals surface area contributed by atoms with Crippen molar-refractivity contribution in [1.29, 1.82) is 0 Å². The van der Waals surface area contributed by atoms with E-state index in [9.17, 15) is 9.59 Å². The molecule has 0 radical (unpaired) electrons. The summed E-state index contributed by atoms with van der Waals surface area (Å²) >= 11 is 6.14. The van der Waals surface area contributed by atoms with Gasteiger partial charge in [-0.25, -0.2) is 0 Å². The van der Waals surface area contributed by atoms with Gasteiger partial charge in [0.25, 0.3) is 0 Å². The lowest BCUT2D eigenvalue weighted by atomic mass is 9.82. The Morgan fingerprint density at radius 1 is 1.23 bits per heavy atom. The fourth-order valence-electron chi connectivity index (χ4n) is 4.40. The first-order valence-corrected chi connectivity index (χ1v) is 11.7. The Morgan fingerprint density at radius 3 is 2.35 bits per heavy atom. The molecule has 5 nitrogen and oxygen atoms in total. The van der Waals surface area contributed by atoms with Crippen molar-refractivity contribution >= 4 is 23.4 Å². The zero-order chi connectivity index (χ0) is 23.2. The van der Waals surface area contributed by atoms with Crippen molar-refractivity contribution in [3.8, 4) is 0 Å². The van der Waals surface area contributed by atoms with Crippen LogP contribution in [-0.2, 0) is 15.1 Å². The molecule has 1 heterocycles. The number of nitrogens with zero attached hydrogens (tertiary/aromatic N) is 1. The smallest absolute Gasteiger partial charge is 0.246 e. The lowest BCUT2D eigenvalue weighted by Gasteiger charge is -2.53. The SMILES string of the molecule is C=C(C)C(=O)NC1(CC(=O)NC(C)(C)c2cccc(Cl)c2)CN(C(CCC)CCC)C1. The number of rotatable bonds is 11. The van der Waals surface area contributed by atoms with E-state index in [4.69, 9.17) is 11.6 Å². The zero-order valence-electron chi connectivity index (χ0n) is 19.7. The Balaban J connectivity index is 2.12. The van der Waals surface area contributed by atoms with Crippen molar-refractivity contribution < 1.29 is 9.59 Å². The van der Waals surface area contributed by atoms with E-state index in [1.54, 1.807) is 6.92 Å². The third-order valence-corrected chi connectivity index (χ3v) is 6.27. The van der Waals surface area contributed by atoms with Gasteiger partial charge in [0, 0.05) is 29.7 Å². The average molecular weight is 448 g/mol. The van der Waals surface area contributed by atoms with Crippen LogP contribution >= 0.6 is 11.6 Å². The number of benzene rings is 1. The van der Waals surface area contributed by atoms with Gasteiger partial charge in [-0.05, 0) is 51.3 Å². The maximum Gasteiger partial charge on any atom is 0.246 e. The zero-order valence-corrected chi connectivity index (χ0v) is 20.4. The summed E-state index contributed by atoms with van der Waals surface area (Å²) in [6.45, 7) is 15.1. The van der Waals surface area contributed by atoms with Gasteiger partial charge in [-0.15, -0.1) is 0 Å². The number of halogens is 1. The fraction of sp³-hybridized carbons (Fsp3) is 0.600. The van der Waals surface area contributed by atoms with Gasteiger partial charge in [0.05, 0.1) is 17.5 Å². The van der Waals surface area contributed by atoms with Crippen molar-refractivity contribution in [1.82, 2.24) is 15.5 Å². The molecule has 172 valence electrons. The molecule has 0 atom stereocenters. The van der Waals surface area contributed by atoms with E-state index >= 15 is 0 Å². The number of carbonyl (C=O) groups excluding carboxylic acids is 2. The van der Waals surface area contributed by atoms with E-state index in [2.05, 4.69) is 36.0 Å². The lowest BCUT2D eigenvalue weighted by Crippen LogP contribution is -2.73. The van der Waals surface area contributed by atoms with Gasteiger partial charge in [0.2, 0.25) is 11.8 Å². The van der Waals surface area contributed by atoms with E-state index in [0.717, 1.165) is 31.2 Å². The Kier molecular flexibility index (Phi) is 8.73. The Hall–Kier alpha value is -1.85. The number of carbonyl (C=O) groups is 2. The molecule has 2 rings (SSSR count). The molecule has 6 heteroatoms. The van der Waals surface area contributed by atoms with Crippen LogP contribution in [0.4, 0.5) is 0 Å². The molecule has 1 saturated heterocycles. The van der Waals surface area contributed by atoms with Crippen LogP contribution in [0.2, 0.25) is 5.02 Å². The maximum atomic E-state index is 13.1. The summed E-state index contributed by atoms with van der Waals surface area (Å²) in [5.41, 5.74) is 0.257. The highest BCUT2D eigenvalue weighted by Crippen LogP contribution is 2.31. The van der Waals surface area contributed by atoms with Gasteiger partial charge in [-0.3, -0.25) is 14.5 Å². The molecule has 0 saturated carbocycles. The van der Waals surface area contributed by atoms with Gasteiger partial charge in [0.15, 0.2) is 0 Å². The van der Waals surface area contributed by atoms with Gasteiger partial charge in [0.1, 0.15) is 0 Å². The Labute approximate surface area is 192 Å². The summed E-state index contributed by atoms with van der Waals surface area (Å²) in [5, 5.41) is 6.87. The molecule has 1 fully saturated rings. The number of likely N-dealkylation sites (tertiary alicyclic amines) is 1.